The van der Waals surface area contributed by atoms with Gasteiger partial charge in [-0.1, -0.05) is 42.5 Å². The number of hydrogen-bond donors (Lipinski definition) is 2. The molecular formula is C24H28N6O2S. The van der Waals surface area contributed by atoms with E-state index >= 15 is 0 Å². The van der Waals surface area contributed by atoms with E-state index in [0.717, 1.165) is 33.8 Å². The zero-order valence-electron chi connectivity index (χ0n) is 19.0. The van der Waals surface area contributed by atoms with E-state index in [1.807, 2.05) is 74.4 Å². The first kappa shape index (κ1) is 22.9. The van der Waals surface area contributed by atoms with Crippen molar-refractivity contribution in [2.24, 2.45) is 0 Å². The highest BCUT2D eigenvalue weighted by Crippen LogP contribution is 2.24. The molecule has 33 heavy (non-hydrogen) atoms. The van der Waals surface area contributed by atoms with E-state index in [9.17, 15) is 8.42 Å². The molecule has 0 radical (unpaired) electrons. The lowest BCUT2D eigenvalue weighted by Crippen LogP contribution is -2.31. The molecule has 2 N–H and O–H groups in total. The molecule has 2 heterocycles. The average molecular weight is 465 g/mol. The molecule has 0 aliphatic rings. The highest BCUT2D eigenvalue weighted by Gasteiger charge is 2.14. The number of aryl methyl sites for hydroxylation is 1. The zero-order chi connectivity index (χ0) is 23.4. The van der Waals surface area contributed by atoms with Crippen molar-refractivity contribution in [3.8, 4) is 11.3 Å². The van der Waals surface area contributed by atoms with Crippen LogP contribution in [0.2, 0.25) is 0 Å². The number of nitrogens with one attached hydrogen (secondary N) is 2. The molecule has 0 saturated carbocycles. The van der Waals surface area contributed by atoms with Gasteiger partial charge in [0.1, 0.15) is 5.82 Å². The van der Waals surface area contributed by atoms with Gasteiger partial charge in [0.25, 0.3) is 0 Å². The highest BCUT2D eigenvalue weighted by atomic mass is 32.2. The van der Waals surface area contributed by atoms with E-state index in [4.69, 9.17) is 4.98 Å². The number of aromatic nitrogens is 3. The lowest BCUT2D eigenvalue weighted by atomic mass is 10.1. The van der Waals surface area contributed by atoms with E-state index in [-0.39, 0.29) is 4.90 Å². The van der Waals surface area contributed by atoms with E-state index in [2.05, 4.69) is 15.1 Å². The predicted molar refractivity (Wildman–Crippen MR) is 131 cm³/mol. The molecule has 0 bridgehead atoms. The number of anilines is 1. The first-order chi connectivity index (χ1) is 15.8. The van der Waals surface area contributed by atoms with Crippen molar-refractivity contribution in [1.29, 1.82) is 0 Å². The van der Waals surface area contributed by atoms with Gasteiger partial charge in [-0.05, 0) is 38.7 Å². The predicted octanol–water partition coefficient (Wildman–Crippen LogP) is 3.16. The summed E-state index contributed by atoms with van der Waals surface area (Å²) in [5.41, 5.74) is 4.63. The zero-order valence-corrected chi connectivity index (χ0v) is 19.8. The van der Waals surface area contributed by atoms with Gasteiger partial charge in [0.2, 0.25) is 10.0 Å². The minimum atomic E-state index is -3.52. The van der Waals surface area contributed by atoms with Gasteiger partial charge < -0.3 is 10.2 Å². The third-order valence-corrected chi connectivity index (χ3v) is 6.75. The normalized spacial score (nSPS) is 11.9. The summed E-state index contributed by atoms with van der Waals surface area (Å²) in [6.07, 6.45) is 1.80. The van der Waals surface area contributed by atoms with Crippen molar-refractivity contribution in [2.75, 3.05) is 32.5 Å². The van der Waals surface area contributed by atoms with Gasteiger partial charge >= 0.3 is 0 Å². The Morgan fingerprint density at radius 3 is 2.45 bits per heavy atom. The van der Waals surface area contributed by atoms with Gasteiger partial charge in [-0.3, -0.25) is 0 Å². The first-order valence-electron chi connectivity index (χ1n) is 10.7. The Labute approximate surface area is 194 Å². The van der Waals surface area contributed by atoms with Crippen LogP contribution in [0.5, 0.6) is 0 Å². The van der Waals surface area contributed by atoms with Gasteiger partial charge in [0.15, 0.2) is 5.65 Å². The Balaban J connectivity index is 1.52. The molecule has 2 aromatic carbocycles. The SMILES string of the molecule is Cc1cnn2c(NCc3ccc(S(=O)(=O)NCCN(C)C)cc3)cc(-c3ccccc3)nc12. The fourth-order valence-corrected chi connectivity index (χ4v) is 4.44. The molecule has 2 aromatic heterocycles. The molecule has 0 aliphatic heterocycles. The van der Waals surface area contributed by atoms with Crippen LogP contribution < -0.4 is 10.0 Å². The number of fused-ring (bicyclic) bond motifs is 1. The Morgan fingerprint density at radius 1 is 1.03 bits per heavy atom. The van der Waals surface area contributed by atoms with Crippen LogP contribution in [0.15, 0.2) is 71.8 Å². The van der Waals surface area contributed by atoms with Crippen LogP contribution in [-0.2, 0) is 16.6 Å². The molecule has 8 nitrogen and oxygen atoms in total. The summed E-state index contributed by atoms with van der Waals surface area (Å²) in [7, 11) is 0.284. The van der Waals surface area contributed by atoms with Crippen molar-refractivity contribution in [3.63, 3.8) is 0 Å². The average Bonchev–Trinajstić information content (AvgIpc) is 3.19. The highest BCUT2D eigenvalue weighted by molar-refractivity contribution is 7.89. The van der Waals surface area contributed by atoms with Crippen LogP contribution in [0.3, 0.4) is 0 Å². The largest absolute Gasteiger partial charge is 0.366 e. The molecule has 0 unspecified atom stereocenters. The second-order valence-electron chi connectivity index (χ2n) is 8.15. The number of rotatable bonds is 9. The number of hydrogen-bond acceptors (Lipinski definition) is 6. The summed E-state index contributed by atoms with van der Waals surface area (Å²) in [6, 6.07) is 18.9. The van der Waals surface area contributed by atoms with Crippen LogP contribution in [0.25, 0.3) is 16.9 Å². The maximum absolute atomic E-state index is 12.5. The van der Waals surface area contributed by atoms with Crippen molar-refractivity contribution < 1.29 is 8.42 Å². The summed E-state index contributed by atoms with van der Waals surface area (Å²) in [5.74, 6) is 0.814. The van der Waals surface area contributed by atoms with E-state index in [1.54, 1.807) is 22.8 Å². The number of benzene rings is 2. The molecular weight excluding hydrogens is 436 g/mol. The minimum Gasteiger partial charge on any atom is -0.366 e. The molecule has 172 valence electrons. The summed E-state index contributed by atoms with van der Waals surface area (Å²) < 4.78 is 29.3. The topological polar surface area (TPSA) is 91.6 Å². The van der Waals surface area contributed by atoms with Crippen LogP contribution in [-0.4, -0.2) is 55.1 Å². The van der Waals surface area contributed by atoms with E-state index < -0.39 is 10.0 Å². The number of sulfonamides is 1. The van der Waals surface area contributed by atoms with Gasteiger partial charge in [-0.2, -0.15) is 9.61 Å². The van der Waals surface area contributed by atoms with E-state index in [1.165, 1.54) is 0 Å². The molecule has 0 aliphatic carbocycles. The van der Waals surface area contributed by atoms with Gasteiger partial charge in [0.05, 0.1) is 16.8 Å². The second kappa shape index (κ2) is 9.70. The summed E-state index contributed by atoms with van der Waals surface area (Å²) in [6.45, 7) is 3.50. The van der Waals surface area contributed by atoms with Crippen LogP contribution in [0, 0.1) is 6.92 Å². The Bertz CT molecular complexity index is 1330. The van der Waals surface area contributed by atoms with Gasteiger partial charge in [0, 0.05) is 36.8 Å². The maximum atomic E-state index is 12.5. The summed E-state index contributed by atoms with van der Waals surface area (Å²) in [4.78, 5) is 6.96. The van der Waals surface area contributed by atoms with Crippen molar-refractivity contribution in [1.82, 2.24) is 24.2 Å². The Morgan fingerprint density at radius 2 is 1.76 bits per heavy atom. The maximum Gasteiger partial charge on any atom is 0.240 e. The summed E-state index contributed by atoms with van der Waals surface area (Å²) in [5, 5.41) is 7.88. The number of nitrogens with zero attached hydrogens (tertiary/aromatic N) is 4. The van der Waals surface area contributed by atoms with Crippen molar-refractivity contribution in [2.45, 2.75) is 18.4 Å². The molecule has 0 amide bonds. The molecule has 9 heteroatoms. The number of likely N-dealkylation sites (N-methyl/N-ethyl adjacent to an activating group) is 1. The summed E-state index contributed by atoms with van der Waals surface area (Å²) >= 11 is 0. The Hall–Kier alpha value is -3.27. The van der Waals surface area contributed by atoms with Crippen LogP contribution in [0.1, 0.15) is 11.1 Å². The van der Waals surface area contributed by atoms with Crippen LogP contribution >= 0.6 is 0 Å². The van der Waals surface area contributed by atoms with Crippen LogP contribution in [0.4, 0.5) is 5.82 Å². The van der Waals surface area contributed by atoms with Crippen molar-refractivity contribution in [3.05, 3.63) is 78.0 Å². The van der Waals surface area contributed by atoms with E-state index in [0.29, 0.717) is 19.6 Å². The third kappa shape index (κ3) is 5.39. The first-order valence-corrected chi connectivity index (χ1v) is 12.2. The molecule has 0 spiro atoms. The third-order valence-electron chi connectivity index (χ3n) is 5.28. The smallest absolute Gasteiger partial charge is 0.240 e. The lowest BCUT2D eigenvalue weighted by molar-refractivity contribution is 0.412. The second-order valence-corrected chi connectivity index (χ2v) is 9.92. The lowest BCUT2D eigenvalue weighted by Gasteiger charge is -2.12. The molecule has 4 aromatic rings. The quantitative estimate of drug-likeness (QED) is 0.395. The standard InChI is InChI=1S/C24H28N6O2S/c1-18-16-26-30-23(15-22(28-24(18)30)20-7-5-4-6-8-20)25-17-19-9-11-21(12-10-19)33(31,32)27-13-14-29(2)3/h4-12,15-16,25,27H,13-14,17H2,1-3H3. The minimum absolute atomic E-state index is 0.255. The van der Waals surface area contributed by atoms with Gasteiger partial charge in [-0.25, -0.2) is 18.1 Å². The fourth-order valence-electron chi connectivity index (χ4n) is 3.42. The molecule has 4 rings (SSSR count). The molecule has 0 atom stereocenters. The monoisotopic (exact) mass is 464 g/mol. The Kier molecular flexibility index (Phi) is 6.73. The molecule has 0 saturated heterocycles. The fraction of sp³-hybridized carbons (Fsp3) is 0.250. The molecule has 0 fully saturated rings. The van der Waals surface area contributed by atoms with Crippen molar-refractivity contribution >= 4 is 21.5 Å². The van der Waals surface area contributed by atoms with Gasteiger partial charge in [-0.15, -0.1) is 0 Å².